The van der Waals surface area contributed by atoms with Gasteiger partial charge in [-0.3, -0.25) is 9.36 Å². The molecule has 2 aromatic carbocycles. The second-order valence-corrected chi connectivity index (χ2v) is 10.5. The summed E-state index contributed by atoms with van der Waals surface area (Å²) < 4.78 is 23.5. The molecular formula is C31H38N6O6. The molecule has 4 aromatic rings. The average Bonchev–Trinajstić information content (AvgIpc) is 3.39. The monoisotopic (exact) mass is 590 g/mol. The third-order valence-electron chi connectivity index (χ3n) is 5.87. The number of aromatic nitrogens is 4. The number of benzene rings is 2. The van der Waals surface area contributed by atoms with Gasteiger partial charge >= 0.3 is 12.1 Å². The minimum atomic E-state index is -0.522. The van der Waals surface area contributed by atoms with Crippen LogP contribution in [0.1, 0.15) is 47.0 Å². The molecule has 2 aromatic heterocycles. The molecule has 0 unspecified atom stereocenters. The van der Waals surface area contributed by atoms with Crippen molar-refractivity contribution in [1.29, 1.82) is 0 Å². The fraction of sp³-hybridized carbons (Fsp3) is 0.387. The number of anilines is 2. The van der Waals surface area contributed by atoms with Gasteiger partial charge in [-0.05, 0) is 89.1 Å². The number of hydrogen-bond donors (Lipinski definition) is 2. The van der Waals surface area contributed by atoms with Gasteiger partial charge in [0.1, 0.15) is 28.9 Å². The van der Waals surface area contributed by atoms with Gasteiger partial charge in [0.2, 0.25) is 5.95 Å². The molecule has 0 radical (unpaired) electrons. The van der Waals surface area contributed by atoms with Crippen LogP contribution in [0.15, 0.2) is 61.1 Å². The molecule has 0 aliphatic carbocycles. The number of alkyl carbamates (subject to hydrolysis) is 1. The number of nitrogens with zero attached hydrogens (tertiary/aromatic N) is 4. The molecule has 2 N–H and O–H groups in total. The zero-order chi connectivity index (χ0) is 30.7. The van der Waals surface area contributed by atoms with Crippen LogP contribution in [0.25, 0.3) is 16.9 Å². The molecule has 0 saturated carbocycles. The summed E-state index contributed by atoms with van der Waals surface area (Å²) in [5.41, 5.74) is 2.46. The van der Waals surface area contributed by atoms with E-state index >= 15 is 0 Å². The first-order valence-corrected chi connectivity index (χ1v) is 14.3. The van der Waals surface area contributed by atoms with Crippen LogP contribution in [0.5, 0.6) is 11.5 Å². The number of nitrogens with one attached hydrogen (secondary N) is 2. The smallest absolute Gasteiger partial charge is 0.407 e. The number of hydrogen-bond acceptors (Lipinski definition) is 10. The van der Waals surface area contributed by atoms with E-state index in [0.29, 0.717) is 74.2 Å². The Kier molecular flexibility index (Phi) is 10.7. The standard InChI is InChI=1S/C31H38N6O6/c1-5-40-27(38)8-6-18-41-25-15-11-23(12-16-25)37-21-34-26-20-33-29(36-28(26)37)35-22-9-13-24(14-10-22)42-19-7-17-32-30(39)43-31(2,3)4/h9-16,20-21H,5-8,17-19H2,1-4H3,(H,32,39)(H,33,35,36). The molecule has 0 atom stereocenters. The summed E-state index contributed by atoms with van der Waals surface area (Å²) in [5, 5.41) is 5.93. The molecule has 2 heterocycles. The van der Waals surface area contributed by atoms with Crippen LogP contribution < -0.4 is 20.1 Å². The Balaban J connectivity index is 1.27. The van der Waals surface area contributed by atoms with Crippen LogP contribution in [0, 0.1) is 0 Å². The largest absolute Gasteiger partial charge is 0.494 e. The van der Waals surface area contributed by atoms with Crippen molar-refractivity contribution in [3.63, 3.8) is 0 Å². The molecule has 1 amide bonds. The molecule has 4 rings (SSSR count). The molecule has 0 bridgehead atoms. The molecule has 0 fully saturated rings. The van der Waals surface area contributed by atoms with Crippen LogP contribution in [0.3, 0.4) is 0 Å². The highest BCUT2D eigenvalue weighted by Gasteiger charge is 2.15. The van der Waals surface area contributed by atoms with E-state index in [4.69, 9.17) is 18.9 Å². The lowest BCUT2D eigenvalue weighted by atomic mass is 10.2. The summed E-state index contributed by atoms with van der Waals surface area (Å²) in [6.07, 6.45) is 4.50. The van der Waals surface area contributed by atoms with E-state index in [0.717, 1.165) is 11.4 Å². The van der Waals surface area contributed by atoms with E-state index in [1.165, 1.54) is 0 Å². The second-order valence-electron chi connectivity index (χ2n) is 10.5. The minimum Gasteiger partial charge on any atom is -0.494 e. The number of amides is 1. The predicted molar refractivity (Wildman–Crippen MR) is 162 cm³/mol. The van der Waals surface area contributed by atoms with Gasteiger partial charge in [-0.15, -0.1) is 0 Å². The van der Waals surface area contributed by atoms with Gasteiger partial charge in [-0.25, -0.2) is 14.8 Å². The fourth-order valence-corrected chi connectivity index (χ4v) is 3.93. The quantitative estimate of drug-likeness (QED) is 0.141. The fourth-order valence-electron chi connectivity index (χ4n) is 3.93. The predicted octanol–water partition coefficient (Wildman–Crippen LogP) is 5.57. The number of rotatable bonds is 14. The zero-order valence-corrected chi connectivity index (χ0v) is 25.0. The maximum Gasteiger partial charge on any atom is 0.407 e. The van der Waals surface area contributed by atoms with Crippen molar-refractivity contribution in [1.82, 2.24) is 24.8 Å². The van der Waals surface area contributed by atoms with E-state index in [-0.39, 0.29) is 5.97 Å². The van der Waals surface area contributed by atoms with Crippen LogP contribution >= 0.6 is 0 Å². The van der Waals surface area contributed by atoms with Gasteiger partial charge in [0.05, 0.1) is 26.0 Å². The highest BCUT2D eigenvalue weighted by Crippen LogP contribution is 2.22. The molecule has 43 heavy (non-hydrogen) atoms. The van der Waals surface area contributed by atoms with Crippen molar-refractivity contribution in [3.05, 3.63) is 61.1 Å². The third-order valence-corrected chi connectivity index (χ3v) is 5.87. The molecule has 0 saturated heterocycles. The highest BCUT2D eigenvalue weighted by atomic mass is 16.6. The van der Waals surface area contributed by atoms with Gasteiger partial charge in [0, 0.05) is 24.3 Å². The number of esters is 1. The van der Waals surface area contributed by atoms with Crippen molar-refractivity contribution in [2.24, 2.45) is 0 Å². The lowest BCUT2D eigenvalue weighted by Crippen LogP contribution is -2.33. The van der Waals surface area contributed by atoms with Crippen LogP contribution in [0.2, 0.25) is 0 Å². The Bertz CT molecular complexity index is 1480. The topological polar surface area (TPSA) is 139 Å². The first kappa shape index (κ1) is 31.1. The summed E-state index contributed by atoms with van der Waals surface area (Å²) >= 11 is 0. The van der Waals surface area contributed by atoms with E-state index < -0.39 is 11.7 Å². The van der Waals surface area contributed by atoms with Crippen LogP contribution in [-0.2, 0) is 14.3 Å². The summed E-state index contributed by atoms with van der Waals surface area (Å²) in [4.78, 5) is 36.6. The van der Waals surface area contributed by atoms with E-state index in [1.54, 1.807) is 19.4 Å². The lowest BCUT2D eigenvalue weighted by molar-refractivity contribution is -0.143. The number of ether oxygens (including phenoxy) is 4. The highest BCUT2D eigenvalue weighted by molar-refractivity contribution is 5.74. The Morgan fingerprint density at radius 3 is 2.26 bits per heavy atom. The Morgan fingerprint density at radius 2 is 1.58 bits per heavy atom. The summed E-state index contributed by atoms with van der Waals surface area (Å²) in [6.45, 7) is 8.99. The van der Waals surface area contributed by atoms with E-state index in [9.17, 15) is 9.59 Å². The number of carbonyl (C=O) groups is 2. The Hall–Kier alpha value is -4.87. The molecule has 0 aliphatic heterocycles. The van der Waals surface area contributed by atoms with Crippen molar-refractivity contribution in [2.45, 2.75) is 52.6 Å². The van der Waals surface area contributed by atoms with Crippen molar-refractivity contribution >= 4 is 34.9 Å². The van der Waals surface area contributed by atoms with Crippen molar-refractivity contribution < 1.29 is 28.5 Å². The number of carbonyl (C=O) groups excluding carboxylic acids is 2. The molecule has 228 valence electrons. The van der Waals surface area contributed by atoms with E-state index in [2.05, 4.69) is 25.6 Å². The average molecular weight is 591 g/mol. The Morgan fingerprint density at radius 1 is 0.907 bits per heavy atom. The zero-order valence-electron chi connectivity index (χ0n) is 25.0. The molecule has 0 aliphatic rings. The van der Waals surface area contributed by atoms with Crippen molar-refractivity contribution in [3.8, 4) is 17.2 Å². The third kappa shape index (κ3) is 9.87. The molecular weight excluding hydrogens is 552 g/mol. The van der Waals surface area contributed by atoms with Crippen molar-refractivity contribution in [2.75, 3.05) is 31.7 Å². The van der Waals surface area contributed by atoms with Gasteiger partial charge in [-0.2, -0.15) is 4.98 Å². The number of fused-ring (bicyclic) bond motifs is 1. The minimum absolute atomic E-state index is 0.214. The maximum atomic E-state index is 11.7. The summed E-state index contributed by atoms with van der Waals surface area (Å²) in [6, 6.07) is 15.0. The first-order valence-electron chi connectivity index (χ1n) is 14.3. The van der Waals surface area contributed by atoms with Gasteiger partial charge in [0.15, 0.2) is 5.65 Å². The Labute approximate surface area is 250 Å². The van der Waals surface area contributed by atoms with Gasteiger partial charge in [-0.1, -0.05) is 0 Å². The van der Waals surface area contributed by atoms with E-state index in [1.807, 2.05) is 73.9 Å². The summed E-state index contributed by atoms with van der Waals surface area (Å²) in [7, 11) is 0. The maximum absolute atomic E-state index is 11.7. The SMILES string of the molecule is CCOC(=O)CCCOc1ccc(-n2cnc3cnc(Nc4ccc(OCCCNC(=O)OC(C)(C)C)cc4)nc32)cc1. The molecule has 12 heteroatoms. The molecule has 0 spiro atoms. The first-order chi connectivity index (χ1) is 20.7. The van der Waals surface area contributed by atoms with Gasteiger partial charge in [0.25, 0.3) is 0 Å². The lowest BCUT2D eigenvalue weighted by Gasteiger charge is -2.19. The normalized spacial score (nSPS) is 11.2. The molecule has 12 nitrogen and oxygen atoms in total. The van der Waals surface area contributed by atoms with Crippen LogP contribution in [-0.4, -0.2) is 63.5 Å². The van der Waals surface area contributed by atoms with Crippen LogP contribution in [0.4, 0.5) is 16.4 Å². The number of imidazole rings is 1. The second kappa shape index (κ2) is 14.9. The summed E-state index contributed by atoms with van der Waals surface area (Å²) in [5.74, 6) is 1.63. The van der Waals surface area contributed by atoms with Gasteiger partial charge < -0.3 is 29.6 Å².